The average molecular weight is 585 g/mol. The van der Waals surface area contributed by atoms with E-state index >= 15 is 0 Å². The Morgan fingerprint density at radius 1 is 0.469 bits per heavy atom. The smallest absolute Gasteiger partial charge is 0.318 e. The molecule has 1 aliphatic heterocycles. The molecule has 0 spiro atoms. The highest BCUT2D eigenvalue weighted by atomic mass is 32.2. The number of thioether (sulfide) groups is 4. The summed E-state index contributed by atoms with van der Waals surface area (Å²) in [5.74, 6) is 3.76. The minimum Gasteiger partial charge on any atom is -0.416 e. The largest absolute Gasteiger partial charge is 0.416 e. The Labute approximate surface area is 217 Å². The standard InChI is InChI=1S/C20H40O4S4Si4/c1-9-25-13-17-29(5)21-30(6,18-14-26-10-2)23-32(8,20-16-28-12-4)24-31(7,22-29)19-15-27-11-3/h9-12H,1-4,13-20H2,5-8H3. The molecule has 1 heterocycles. The normalized spacial score (nSPS) is 33.1. The van der Waals surface area contributed by atoms with Crippen molar-refractivity contribution in [1.29, 1.82) is 0 Å². The van der Waals surface area contributed by atoms with Gasteiger partial charge in [-0.2, -0.15) is 0 Å². The van der Waals surface area contributed by atoms with Crippen molar-refractivity contribution in [3.05, 3.63) is 47.9 Å². The third-order valence-electron chi connectivity index (χ3n) is 4.89. The molecular weight excluding hydrogens is 545 g/mol. The maximum Gasteiger partial charge on any atom is 0.318 e. The molecule has 12 heteroatoms. The third kappa shape index (κ3) is 11.7. The summed E-state index contributed by atoms with van der Waals surface area (Å²) >= 11 is 6.87. The Balaban J connectivity index is 3.27. The average Bonchev–Trinajstić information content (AvgIpc) is 2.67. The van der Waals surface area contributed by atoms with Crippen LogP contribution in [-0.2, 0) is 16.5 Å². The van der Waals surface area contributed by atoms with Crippen LogP contribution in [0.25, 0.3) is 0 Å². The highest BCUT2D eigenvalue weighted by Crippen LogP contribution is 2.38. The van der Waals surface area contributed by atoms with Crippen molar-refractivity contribution >= 4 is 81.3 Å². The molecule has 184 valence electrons. The topological polar surface area (TPSA) is 36.9 Å². The summed E-state index contributed by atoms with van der Waals surface area (Å²) < 4.78 is 28.1. The van der Waals surface area contributed by atoms with Gasteiger partial charge in [0.1, 0.15) is 0 Å². The van der Waals surface area contributed by atoms with E-state index in [4.69, 9.17) is 16.5 Å². The maximum atomic E-state index is 7.04. The molecular formula is C20H40O4S4Si4. The molecule has 4 nitrogen and oxygen atoms in total. The lowest BCUT2D eigenvalue weighted by molar-refractivity contribution is 0.226. The minimum absolute atomic E-state index is 0.898. The lowest BCUT2D eigenvalue weighted by atomic mass is 11.0. The summed E-state index contributed by atoms with van der Waals surface area (Å²) in [4.78, 5) is 0. The van der Waals surface area contributed by atoms with Crippen molar-refractivity contribution in [2.24, 2.45) is 0 Å². The van der Waals surface area contributed by atoms with Gasteiger partial charge >= 0.3 is 34.2 Å². The second-order valence-electron chi connectivity index (χ2n) is 8.09. The summed E-state index contributed by atoms with van der Waals surface area (Å²) in [6.07, 6.45) is 0. The van der Waals surface area contributed by atoms with Gasteiger partial charge in [0.25, 0.3) is 0 Å². The first kappa shape index (κ1) is 31.1. The van der Waals surface area contributed by atoms with E-state index in [1.165, 1.54) is 0 Å². The van der Waals surface area contributed by atoms with Gasteiger partial charge in [-0.15, -0.1) is 47.0 Å². The van der Waals surface area contributed by atoms with Gasteiger partial charge in [-0.25, -0.2) is 0 Å². The summed E-state index contributed by atoms with van der Waals surface area (Å²) in [5.41, 5.74) is 0. The van der Waals surface area contributed by atoms with Crippen molar-refractivity contribution in [3.63, 3.8) is 0 Å². The van der Waals surface area contributed by atoms with Gasteiger partial charge < -0.3 is 16.5 Å². The lowest BCUT2D eigenvalue weighted by Gasteiger charge is -2.50. The molecule has 0 N–H and O–H groups in total. The molecule has 0 aromatic rings. The first-order valence-corrected chi connectivity index (χ1v) is 25.1. The molecule has 1 rings (SSSR count). The van der Waals surface area contributed by atoms with Crippen LogP contribution >= 0.6 is 47.0 Å². The first-order chi connectivity index (χ1) is 15.1. The van der Waals surface area contributed by atoms with Crippen LogP contribution in [0.3, 0.4) is 0 Å². The zero-order valence-corrected chi connectivity index (χ0v) is 27.3. The summed E-state index contributed by atoms with van der Waals surface area (Å²) in [5, 5.41) is 7.57. The van der Waals surface area contributed by atoms with E-state index in [2.05, 4.69) is 52.5 Å². The van der Waals surface area contributed by atoms with Gasteiger partial charge in [-0.3, -0.25) is 0 Å². The highest BCUT2D eigenvalue weighted by molar-refractivity contribution is 8.02. The molecule has 32 heavy (non-hydrogen) atoms. The summed E-state index contributed by atoms with van der Waals surface area (Å²) in [6, 6.07) is 3.59. The Morgan fingerprint density at radius 3 is 0.812 bits per heavy atom. The molecule has 0 atom stereocenters. The van der Waals surface area contributed by atoms with Gasteiger partial charge in [0.2, 0.25) is 0 Å². The second-order valence-corrected chi connectivity index (χ2v) is 26.7. The zero-order valence-electron chi connectivity index (χ0n) is 20.1. The van der Waals surface area contributed by atoms with Gasteiger partial charge in [0.05, 0.1) is 0 Å². The monoisotopic (exact) mass is 584 g/mol. The van der Waals surface area contributed by atoms with E-state index < -0.39 is 34.2 Å². The molecule has 0 aromatic heterocycles. The molecule has 0 aliphatic carbocycles. The third-order valence-corrected chi connectivity index (χ3v) is 27.5. The van der Waals surface area contributed by atoms with E-state index in [-0.39, 0.29) is 0 Å². The molecule has 1 saturated heterocycles. The summed E-state index contributed by atoms with van der Waals surface area (Å²) in [6.45, 7) is 24.2. The van der Waals surface area contributed by atoms with Crippen molar-refractivity contribution in [2.75, 3.05) is 23.0 Å². The van der Waals surface area contributed by atoms with Gasteiger partial charge in [0, 0.05) is 0 Å². The first-order valence-electron chi connectivity index (χ1n) is 10.8. The fourth-order valence-electron chi connectivity index (χ4n) is 3.63. The lowest BCUT2D eigenvalue weighted by Crippen LogP contribution is -2.67. The maximum absolute atomic E-state index is 7.04. The summed E-state index contributed by atoms with van der Waals surface area (Å²) in [7, 11) is -10.1. The number of hydrogen-bond donors (Lipinski definition) is 0. The molecule has 0 unspecified atom stereocenters. The van der Waals surface area contributed by atoms with Crippen LogP contribution in [-0.4, -0.2) is 57.3 Å². The molecule has 0 amide bonds. The molecule has 1 fully saturated rings. The Bertz CT molecular complexity index is 514. The fourth-order valence-corrected chi connectivity index (χ4v) is 32.2. The fraction of sp³-hybridized carbons (Fsp3) is 0.600. The number of hydrogen-bond acceptors (Lipinski definition) is 8. The van der Waals surface area contributed by atoms with Crippen LogP contribution in [0.4, 0.5) is 0 Å². The Morgan fingerprint density at radius 2 is 0.656 bits per heavy atom. The second kappa shape index (κ2) is 15.2. The van der Waals surface area contributed by atoms with Gasteiger partial charge in [0.15, 0.2) is 0 Å². The zero-order chi connectivity index (χ0) is 24.1. The quantitative estimate of drug-likeness (QED) is 0.134. The van der Waals surface area contributed by atoms with E-state index in [0.717, 1.165) is 47.2 Å². The van der Waals surface area contributed by atoms with Crippen molar-refractivity contribution < 1.29 is 16.5 Å². The highest BCUT2D eigenvalue weighted by Gasteiger charge is 2.56. The SMILES string of the molecule is C=CSCC[Si]1(C)O[Si](C)(CCSC=C)O[Si](C)(CCSC=C)O[Si](C)(CCSC=C)O1. The van der Waals surface area contributed by atoms with Crippen LogP contribution in [0.1, 0.15) is 0 Å². The van der Waals surface area contributed by atoms with E-state index in [1.807, 2.05) is 21.6 Å². The Kier molecular flexibility index (Phi) is 14.8. The van der Waals surface area contributed by atoms with Crippen LogP contribution in [0.5, 0.6) is 0 Å². The van der Waals surface area contributed by atoms with Crippen LogP contribution in [0, 0.1) is 0 Å². The predicted molar refractivity (Wildman–Crippen MR) is 161 cm³/mol. The van der Waals surface area contributed by atoms with Crippen molar-refractivity contribution in [2.45, 2.75) is 50.4 Å². The van der Waals surface area contributed by atoms with E-state index in [1.54, 1.807) is 47.0 Å². The van der Waals surface area contributed by atoms with Crippen LogP contribution in [0.2, 0.25) is 50.4 Å². The van der Waals surface area contributed by atoms with Crippen molar-refractivity contribution in [3.8, 4) is 0 Å². The van der Waals surface area contributed by atoms with E-state index in [0.29, 0.717) is 0 Å². The van der Waals surface area contributed by atoms with Gasteiger partial charge in [-0.05, 0) is 95.0 Å². The Hall–Kier alpha value is 1.07. The molecule has 0 aromatic carbocycles. The van der Waals surface area contributed by atoms with E-state index in [9.17, 15) is 0 Å². The van der Waals surface area contributed by atoms with Crippen molar-refractivity contribution in [1.82, 2.24) is 0 Å². The number of rotatable bonds is 16. The molecule has 0 saturated carbocycles. The van der Waals surface area contributed by atoms with Gasteiger partial charge in [-0.1, -0.05) is 26.3 Å². The predicted octanol–water partition coefficient (Wildman–Crippen LogP) is 7.86. The van der Waals surface area contributed by atoms with Crippen LogP contribution < -0.4 is 0 Å². The van der Waals surface area contributed by atoms with Crippen LogP contribution in [0.15, 0.2) is 47.9 Å². The molecule has 0 radical (unpaired) electrons. The minimum atomic E-state index is -2.51. The molecule has 1 aliphatic rings. The molecule has 0 bridgehead atoms.